The molecule has 0 spiro atoms. The van der Waals surface area contributed by atoms with Crippen LogP contribution in [0.1, 0.15) is 37.7 Å². The maximum Gasteiger partial charge on any atom is 0.136 e. The van der Waals surface area contributed by atoms with Crippen LogP contribution < -0.4 is 5.32 Å². The van der Waals surface area contributed by atoms with Crippen molar-refractivity contribution in [1.82, 2.24) is 9.97 Å². The van der Waals surface area contributed by atoms with E-state index in [2.05, 4.69) is 37.1 Å². The van der Waals surface area contributed by atoms with Crippen molar-refractivity contribution in [2.75, 3.05) is 12.4 Å². The van der Waals surface area contributed by atoms with Gasteiger partial charge in [0.25, 0.3) is 0 Å². The first kappa shape index (κ1) is 15.0. The summed E-state index contributed by atoms with van der Waals surface area (Å²) in [7, 11) is 1.86. The number of anilines is 1. The lowest BCUT2D eigenvalue weighted by Crippen LogP contribution is -2.18. The summed E-state index contributed by atoms with van der Waals surface area (Å²) in [5.41, 5.74) is 3.29. The van der Waals surface area contributed by atoms with E-state index < -0.39 is 0 Å². The molecule has 0 saturated carbocycles. The Kier molecular flexibility index (Phi) is 3.95. The highest BCUT2D eigenvalue weighted by Gasteiger charge is 2.21. The molecule has 1 N–H and O–H groups in total. The van der Waals surface area contributed by atoms with Gasteiger partial charge in [0.2, 0.25) is 0 Å². The Labute approximate surface area is 125 Å². The molecule has 0 amide bonds. The Morgan fingerprint density at radius 1 is 1.19 bits per heavy atom. The molecule has 0 aliphatic rings. The number of hydrogen-bond donors (Lipinski definition) is 1. The Balaban J connectivity index is 2.70. The summed E-state index contributed by atoms with van der Waals surface area (Å²) in [4.78, 5) is 9.34. The molecular formula is C17H20N4. The maximum atomic E-state index is 9.07. The molecule has 4 heteroatoms. The van der Waals surface area contributed by atoms with Gasteiger partial charge in [-0.3, -0.25) is 0 Å². The minimum absolute atomic E-state index is 0.138. The highest BCUT2D eigenvalue weighted by molar-refractivity contribution is 5.69. The van der Waals surface area contributed by atoms with Crippen LogP contribution in [0.3, 0.4) is 0 Å². The lowest BCUT2D eigenvalue weighted by atomic mass is 9.94. The molecule has 2 rings (SSSR count). The first-order valence-corrected chi connectivity index (χ1v) is 6.94. The topological polar surface area (TPSA) is 61.6 Å². The average Bonchev–Trinajstić information content (AvgIpc) is 2.46. The second-order valence-corrected chi connectivity index (χ2v) is 6.06. The molecule has 0 unspecified atom stereocenters. The van der Waals surface area contributed by atoms with Crippen LogP contribution in [0.4, 0.5) is 5.82 Å². The predicted octanol–water partition coefficient (Wildman–Crippen LogP) is 3.66. The lowest BCUT2D eigenvalue weighted by Gasteiger charge is -2.20. The van der Waals surface area contributed by atoms with Gasteiger partial charge in [-0.1, -0.05) is 32.9 Å². The largest absolute Gasteiger partial charge is 0.373 e. The van der Waals surface area contributed by atoms with E-state index in [9.17, 15) is 0 Å². The van der Waals surface area contributed by atoms with Crippen molar-refractivity contribution in [3.63, 3.8) is 0 Å². The van der Waals surface area contributed by atoms with E-state index in [-0.39, 0.29) is 5.41 Å². The van der Waals surface area contributed by atoms with E-state index in [1.54, 1.807) is 6.07 Å². The van der Waals surface area contributed by atoms with Crippen LogP contribution in [0.5, 0.6) is 0 Å². The number of nitrogens with zero attached hydrogens (tertiary/aromatic N) is 3. The smallest absolute Gasteiger partial charge is 0.136 e. The van der Waals surface area contributed by atoms with E-state index in [0.29, 0.717) is 5.56 Å². The van der Waals surface area contributed by atoms with Crippen LogP contribution in [-0.2, 0) is 5.41 Å². The van der Waals surface area contributed by atoms with Crippen LogP contribution in [0.15, 0.2) is 24.3 Å². The second kappa shape index (κ2) is 5.53. The molecule has 0 atom stereocenters. The lowest BCUT2D eigenvalue weighted by molar-refractivity contribution is 0.546. The highest BCUT2D eigenvalue weighted by Crippen LogP contribution is 2.29. The third-order valence-electron chi connectivity index (χ3n) is 3.32. The molecule has 0 bridgehead atoms. The normalized spacial score (nSPS) is 11.0. The summed E-state index contributed by atoms with van der Waals surface area (Å²) in [5.74, 6) is 1.61. The zero-order chi connectivity index (χ0) is 15.6. The molecule has 108 valence electrons. The van der Waals surface area contributed by atoms with Crippen LogP contribution >= 0.6 is 0 Å². The van der Waals surface area contributed by atoms with Gasteiger partial charge in [0.05, 0.1) is 17.3 Å². The summed E-state index contributed by atoms with van der Waals surface area (Å²) < 4.78 is 0. The fourth-order valence-electron chi connectivity index (χ4n) is 2.11. The van der Waals surface area contributed by atoms with Gasteiger partial charge < -0.3 is 5.32 Å². The number of hydrogen-bond acceptors (Lipinski definition) is 4. The molecule has 1 aromatic heterocycles. The Morgan fingerprint density at radius 2 is 1.90 bits per heavy atom. The molecule has 0 radical (unpaired) electrons. The van der Waals surface area contributed by atoms with Crippen LogP contribution in [0, 0.1) is 18.3 Å². The molecule has 0 saturated heterocycles. The third-order valence-corrected chi connectivity index (χ3v) is 3.32. The summed E-state index contributed by atoms with van der Waals surface area (Å²) in [6.07, 6.45) is 0. The van der Waals surface area contributed by atoms with Crippen LogP contribution in [0.2, 0.25) is 0 Å². The molecule has 0 aliphatic heterocycles. The van der Waals surface area contributed by atoms with Crippen LogP contribution in [0.25, 0.3) is 11.3 Å². The minimum atomic E-state index is -0.138. The Bertz CT molecular complexity index is 706. The quantitative estimate of drug-likeness (QED) is 0.911. The molecule has 0 fully saturated rings. The van der Waals surface area contributed by atoms with Crippen molar-refractivity contribution < 1.29 is 0 Å². The van der Waals surface area contributed by atoms with Crippen molar-refractivity contribution in [1.29, 1.82) is 5.26 Å². The van der Waals surface area contributed by atoms with Crippen molar-refractivity contribution in [2.24, 2.45) is 0 Å². The first-order chi connectivity index (χ1) is 9.86. The molecular weight excluding hydrogens is 260 g/mol. The third kappa shape index (κ3) is 3.03. The summed E-state index contributed by atoms with van der Waals surface area (Å²) in [5, 5.41) is 12.2. The number of rotatable bonds is 2. The van der Waals surface area contributed by atoms with Crippen molar-refractivity contribution in [2.45, 2.75) is 33.1 Å². The zero-order valence-electron chi connectivity index (χ0n) is 13.2. The number of aromatic nitrogens is 2. The van der Waals surface area contributed by atoms with Crippen molar-refractivity contribution in [3.05, 3.63) is 41.2 Å². The standard InChI is InChI=1S/C17H20N4/c1-11-14(13-8-6-7-12(9-13)10-18)20-16(17(2,3)4)21-15(11)19-5/h6-9H,1-5H3,(H,19,20,21). The fourth-order valence-corrected chi connectivity index (χ4v) is 2.11. The van der Waals surface area contributed by atoms with Gasteiger partial charge >= 0.3 is 0 Å². The molecule has 4 nitrogen and oxygen atoms in total. The Hall–Kier alpha value is -2.41. The van der Waals surface area contributed by atoms with Gasteiger partial charge in [-0.2, -0.15) is 5.26 Å². The molecule has 2 aromatic rings. The number of nitrogens with one attached hydrogen (secondary N) is 1. The summed E-state index contributed by atoms with van der Waals surface area (Å²) in [6.45, 7) is 8.26. The summed E-state index contributed by atoms with van der Waals surface area (Å²) >= 11 is 0. The van der Waals surface area contributed by atoms with Gasteiger partial charge in [-0.25, -0.2) is 9.97 Å². The maximum absolute atomic E-state index is 9.07. The van der Waals surface area contributed by atoms with Gasteiger partial charge in [-0.05, 0) is 19.1 Å². The first-order valence-electron chi connectivity index (χ1n) is 6.94. The van der Waals surface area contributed by atoms with Gasteiger partial charge in [0.1, 0.15) is 11.6 Å². The summed E-state index contributed by atoms with van der Waals surface area (Å²) in [6, 6.07) is 9.68. The number of nitriles is 1. The second-order valence-electron chi connectivity index (χ2n) is 6.06. The average molecular weight is 280 g/mol. The zero-order valence-corrected chi connectivity index (χ0v) is 13.2. The fraction of sp³-hybridized carbons (Fsp3) is 0.353. The van der Waals surface area contributed by atoms with Crippen molar-refractivity contribution in [3.8, 4) is 17.3 Å². The van der Waals surface area contributed by atoms with E-state index >= 15 is 0 Å². The minimum Gasteiger partial charge on any atom is -0.373 e. The van der Waals surface area contributed by atoms with Crippen LogP contribution in [-0.4, -0.2) is 17.0 Å². The van der Waals surface area contributed by atoms with Gasteiger partial charge in [0.15, 0.2) is 0 Å². The van der Waals surface area contributed by atoms with E-state index in [1.807, 2.05) is 32.2 Å². The van der Waals surface area contributed by atoms with E-state index in [4.69, 9.17) is 10.2 Å². The SMILES string of the molecule is CNc1nc(C(C)(C)C)nc(-c2cccc(C#N)c2)c1C. The number of benzene rings is 1. The van der Waals surface area contributed by atoms with E-state index in [0.717, 1.165) is 28.5 Å². The highest BCUT2D eigenvalue weighted by atomic mass is 15.0. The van der Waals surface area contributed by atoms with Gasteiger partial charge in [-0.15, -0.1) is 0 Å². The van der Waals surface area contributed by atoms with E-state index in [1.165, 1.54) is 0 Å². The predicted molar refractivity (Wildman–Crippen MR) is 85.2 cm³/mol. The molecule has 0 aliphatic carbocycles. The van der Waals surface area contributed by atoms with Crippen molar-refractivity contribution >= 4 is 5.82 Å². The molecule has 1 aromatic carbocycles. The molecule has 21 heavy (non-hydrogen) atoms. The van der Waals surface area contributed by atoms with Gasteiger partial charge in [0, 0.05) is 23.6 Å². The Morgan fingerprint density at radius 3 is 2.48 bits per heavy atom. The monoisotopic (exact) mass is 280 g/mol. The molecule has 1 heterocycles.